The third kappa shape index (κ3) is 2.08. The lowest BCUT2D eigenvalue weighted by Gasteiger charge is -2.26. The molecule has 8 nitrogen and oxygen atoms in total. The summed E-state index contributed by atoms with van der Waals surface area (Å²) in [6, 6.07) is 12.3. The molecule has 1 N–H and O–H groups in total. The van der Waals surface area contributed by atoms with Crippen molar-refractivity contribution < 1.29 is 18.7 Å². The molecule has 6 rings (SSSR count). The smallest absolute Gasteiger partial charge is 0.228 e. The monoisotopic (exact) mass is 372 g/mol. The number of rotatable bonds is 2. The average molecular weight is 372 g/mol. The predicted molar refractivity (Wildman–Crippen MR) is 96.3 cm³/mol. The van der Waals surface area contributed by atoms with Crippen LogP contribution in [0.4, 0.5) is 0 Å². The average Bonchev–Trinajstić information content (AvgIpc) is 3.46. The highest BCUT2D eigenvalue weighted by Crippen LogP contribution is 2.48. The zero-order chi connectivity index (χ0) is 18.7. The molecule has 0 bridgehead atoms. The van der Waals surface area contributed by atoms with Crippen LogP contribution in [0.3, 0.4) is 0 Å². The second-order valence-corrected chi connectivity index (χ2v) is 6.42. The van der Waals surface area contributed by atoms with Gasteiger partial charge in [-0.05, 0) is 30.3 Å². The van der Waals surface area contributed by atoms with Crippen molar-refractivity contribution in [2.24, 2.45) is 0 Å². The Labute approximate surface area is 157 Å². The summed E-state index contributed by atoms with van der Waals surface area (Å²) in [6.07, 6.45) is 4.74. The number of benzene rings is 1. The van der Waals surface area contributed by atoms with E-state index in [1.807, 2.05) is 18.2 Å². The molecule has 4 aromatic heterocycles. The van der Waals surface area contributed by atoms with Gasteiger partial charge in [-0.25, -0.2) is 14.5 Å². The van der Waals surface area contributed by atoms with Crippen LogP contribution in [0.5, 0.6) is 17.4 Å². The van der Waals surface area contributed by atoms with Gasteiger partial charge in [-0.3, -0.25) is 0 Å². The zero-order valence-electron chi connectivity index (χ0n) is 14.3. The lowest BCUT2D eigenvalue weighted by atomic mass is 9.87. The van der Waals surface area contributed by atoms with E-state index in [-0.39, 0.29) is 11.7 Å². The van der Waals surface area contributed by atoms with E-state index in [1.165, 1.54) is 0 Å². The standard InChI is InChI=1S/C20H12N4O4/c25-11-5-6-12-15(9-11)28-20-17(16(12)13-3-1-7-26-13)19-22-18(14-4-2-8-27-14)23-24(19)10-21-20/h1-10,16,25H. The van der Waals surface area contributed by atoms with Gasteiger partial charge in [-0.2, -0.15) is 0 Å². The minimum Gasteiger partial charge on any atom is -0.508 e. The minimum absolute atomic E-state index is 0.115. The van der Waals surface area contributed by atoms with Crippen molar-refractivity contribution in [3.8, 4) is 29.0 Å². The van der Waals surface area contributed by atoms with Crippen LogP contribution in [0.25, 0.3) is 17.2 Å². The van der Waals surface area contributed by atoms with Crippen LogP contribution >= 0.6 is 0 Å². The van der Waals surface area contributed by atoms with E-state index in [1.54, 1.807) is 47.6 Å². The Balaban J connectivity index is 1.64. The lowest BCUT2D eigenvalue weighted by molar-refractivity contribution is 0.409. The van der Waals surface area contributed by atoms with Gasteiger partial charge in [0.2, 0.25) is 11.7 Å². The van der Waals surface area contributed by atoms with E-state index in [2.05, 4.69) is 15.1 Å². The fourth-order valence-corrected chi connectivity index (χ4v) is 3.56. The highest BCUT2D eigenvalue weighted by molar-refractivity contribution is 5.67. The number of ether oxygens (including phenoxy) is 1. The first-order valence-corrected chi connectivity index (χ1v) is 8.61. The summed E-state index contributed by atoms with van der Waals surface area (Å²) in [6.45, 7) is 0. The van der Waals surface area contributed by atoms with Crippen molar-refractivity contribution in [1.29, 1.82) is 0 Å². The van der Waals surface area contributed by atoms with Gasteiger partial charge in [0.1, 0.15) is 23.6 Å². The van der Waals surface area contributed by atoms with E-state index in [0.29, 0.717) is 34.6 Å². The van der Waals surface area contributed by atoms with Gasteiger partial charge in [0.05, 0.1) is 24.0 Å². The van der Waals surface area contributed by atoms with Crippen LogP contribution in [-0.4, -0.2) is 24.7 Å². The number of hydrogen-bond donors (Lipinski definition) is 1. The van der Waals surface area contributed by atoms with Gasteiger partial charge in [0.25, 0.3) is 0 Å². The number of aromatic hydroxyl groups is 1. The molecule has 28 heavy (non-hydrogen) atoms. The number of aromatic nitrogens is 4. The molecule has 5 aromatic rings. The Morgan fingerprint density at radius 2 is 1.93 bits per heavy atom. The molecule has 1 aromatic carbocycles. The van der Waals surface area contributed by atoms with Crippen LogP contribution < -0.4 is 4.74 Å². The molecule has 0 radical (unpaired) electrons. The third-order valence-electron chi connectivity index (χ3n) is 4.76. The van der Waals surface area contributed by atoms with Crippen molar-refractivity contribution >= 4 is 5.65 Å². The predicted octanol–water partition coefficient (Wildman–Crippen LogP) is 3.97. The molecular weight excluding hydrogens is 360 g/mol. The molecule has 0 fully saturated rings. The van der Waals surface area contributed by atoms with Crippen molar-refractivity contribution in [3.63, 3.8) is 0 Å². The first kappa shape index (κ1) is 15.0. The highest BCUT2D eigenvalue weighted by atomic mass is 16.5. The summed E-state index contributed by atoms with van der Waals surface area (Å²) in [5, 5.41) is 14.3. The van der Waals surface area contributed by atoms with E-state index in [4.69, 9.17) is 13.6 Å². The van der Waals surface area contributed by atoms with Crippen LogP contribution in [0, 0.1) is 0 Å². The molecule has 1 aliphatic heterocycles. The van der Waals surface area contributed by atoms with Gasteiger partial charge in [-0.15, -0.1) is 5.10 Å². The Morgan fingerprint density at radius 3 is 2.75 bits per heavy atom. The second kappa shape index (κ2) is 5.46. The molecule has 1 atom stereocenters. The van der Waals surface area contributed by atoms with E-state index >= 15 is 0 Å². The molecular formula is C20H12N4O4. The summed E-state index contributed by atoms with van der Waals surface area (Å²) in [5.41, 5.74) is 2.18. The molecule has 0 saturated heterocycles. The van der Waals surface area contributed by atoms with Crippen LogP contribution in [0.15, 0.2) is 70.2 Å². The number of phenols is 1. The number of fused-ring (bicyclic) bond motifs is 4. The van der Waals surface area contributed by atoms with E-state index in [9.17, 15) is 5.11 Å². The molecule has 0 aliphatic carbocycles. The van der Waals surface area contributed by atoms with Crippen molar-refractivity contribution in [1.82, 2.24) is 19.6 Å². The van der Waals surface area contributed by atoms with Crippen molar-refractivity contribution in [2.75, 3.05) is 0 Å². The fourth-order valence-electron chi connectivity index (χ4n) is 3.56. The molecule has 5 heterocycles. The third-order valence-corrected chi connectivity index (χ3v) is 4.76. The van der Waals surface area contributed by atoms with E-state index in [0.717, 1.165) is 11.1 Å². The Bertz CT molecular complexity index is 1310. The molecule has 0 spiro atoms. The van der Waals surface area contributed by atoms with Crippen LogP contribution in [0.2, 0.25) is 0 Å². The number of phenolic OH excluding ortho intramolecular Hbond substituents is 1. The van der Waals surface area contributed by atoms with Crippen LogP contribution in [0.1, 0.15) is 22.8 Å². The molecule has 136 valence electrons. The quantitative estimate of drug-likeness (QED) is 0.491. The fraction of sp³-hybridized carbons (Fsp3) is 0.0500. The summed E-state index contributed by atoms with van der Waals surface area (Å²) in [4.78, 5) is 9.08. The van der Waals surface area contributed by atoms with Gasteiger partial charge in [0, 0.05) is 11.6 Å². The number of nitrogens with zero attached hydrogens (tertiary/aromatic N) is 4. The Hall–Kier alpha value is -4.07. The molecule has 1 unspecified atom stereocenters. The second-order valence-electron chi connectivity index (χ2n) is 6.42. The molecule has 1 aliphatic rings. The van der Waals surface area contributed by atoms with Crippen molar-refractivity contribution in [2.45, 2.75) is 5.92 Å². The maximum absolute atomic E-state index is 9.87. The SMILES string of the molecule is Oc1ccc2c(c1)Oc1ncn3nc(-c4ccco4)nc3c1C2c1ccco1. The molecule has 0 saturated carbocycles. The summed E-state index contributed by atoms with van der Waals surface area (Å²) < 4.78 is 18.7. The maximum atomic E-state index is 9.87. The first-order chi connectivity index (χ1) is 13.8. The topological polar surface area (TPSA) is 98.8 Å². The zero-order valence-corrected chi connectivity index (χ0v) is 14.3. The minimum atomic E-state index is -0.306. The Morgan fingerprint density at radius 1 is 1.04 bits per heavy atom. The molecule has 8 heteroatoms. The largest absolute Gasteiger partial charge is 0.508 e. The number of hydrogen-bond acceptors (Lipinski definition) is 7. The van der Waals surface area contributed by atoms with Crippen LogP contribution in [-0.2, 0) is 0 Å². The summed E-state index contributed by atoms with van der Waals surface area (Å²) >= 11 is 0. The summed E-state index contributed by atoms with van der Waals surface area (Å²) in [5.74, 6) is 2.46. The van der Waals surface area contributed by atoms with Gasteiger partial charge < -0.3 is 18.7 Å². The van der Waals surface area contributed by atoms with Gasteiger partial charge in [-0.1, -0.05) is 6.07 Å². The lowest BCUT2D eigenvalue weighted by Crippen LogP contribution is -2.14. The Kier molecular flexibility index (Phi) is 2.93. The normalized spacial score (nSPS) is 15.2. The number of furan rings is 2. The maximum Gasteiger partial charge on any atom is 0.228 e. The van der Waals surface area contributed by atoms with E-state index < -0.39 is 0 Å². The molecule has 0 amide bonds. The summed E-state index contributed by atoms with van der Waals surface area (Å²) in [7, 11) is 0. The van der Waals surface area contributed by atoms with Crippen molar-refractivity contribution in [3.05, 3.63) is 78.2 Å². The first-order valence-electron chi connectivity index (χ1n) is 8.61. The van der Waals surface area contributed by atoms with Gasteiger partial charge in [0.15, 0.2) is 11.4 Å². The highest BCUT2D eigenvalue weighted by Gasteiger charge is 2.35. The van der Waals surface area contributed by atoms with Gasteiger partial charge >= 0.3 is 0 Å².